The molecule has 0 bridgehead atoms. The number of anilines is 1. The molecule has 1 aromatic heterocycles. The highest BCUT2D eigenvalue weighted by molar-refractivity contribution is 9.10. The van der Waals surface area contributed by atoms with Gasteiger partial charge in [0, 0.05) is 19.3 Å². The zero-order valence-electron chi connectivity index (χ0n) is 7.57. The van der Waals surface area contributed by atoms with Crippen LogP contribution in [0.3, 0.4) is 0 Å². The summed E-state index contributed by atoms with van der Waals surface area (Å²) < 4.78 is 0.963. The molecular formula is C9H13BrN2O. The molecule has 0 aromatic carbocycles. The number of nitrogens with zero attached hydrogens (tertiary/aromatic N) is 2. The smallest absolute Gasteiger partial charge is 0.142 e. The normalized spacial score (nSPS) is 10.1. The number of aliphatic hydroxyl groups is 1. The van der Waals surface area contributed by atoms with Gasteiger partial charge >= 0.3 is 0 Å². The van der Waals surface area contributed by atoms with E-state index >= 15 is 0 Å². The van der Waals surface area contributed by atoms with Crippen molar-refractivity contribution in [1.82, 2.24) is 4.98 Å². The van der Waals surface area contributed by atoms with Crippen molar-refractivity contribution in [3.05, 3.63) is 22.8 Å². The van der Waals surface area contributed by atoms with Crippen LogP contribution in [0.5, 0.6) is 0 Å². The molecule has 0 spiro atoms. The standard InChI is InChI=1S/C9H13BrN2O/c1-2-12(6-7-13)9-8(10)4-3-5-11-9/h3-5,13H,2,6-7H2,1H3. The van der Waals surface area contributed by atoms with Crippen LogP contribution in [-0.4, -0.2) is 29.8 Å². The number of pyridine rings is 1. The lowest BCUT2D eigenvalue weighted by molar-refractivity contribution is 0.302. The maximum absolute atomic E-state index is 8.84. The molecule has 4 heteroatoms. The van der Waals surface area contributed by atoms with Crippen molar-refractivity contribution in [1.29, 1.82) is 0 Å². The molecular weight excluding hydrogens is 232 g/mol. The molecule has 1 rings (SSSR count). The average molecular weight is 245 g/mol. The lowest BCUT2D eigenvalue weighted by Crippen LogP contribution is -2.27. The van der Waals surface area contributed by atoms with E-state index in [0.717, 1.165) is 16.8 Å². The van der Waals surface area contributed by atoms with E-state index in [9.17, 15) is 0 Å². The van der Waals surface area contributed by atoms with Gasteiger partial charge in [-0.3, -0.25) is 0 Å². The molecule has 0 radical (unpaired) electrons. The van der Waals surface area contributed by atoms with Gasteiger partial charge in [-0.15, -0.1) is 0 Å². The molecule has 0 saturated carbocycles. The quantitative estimate of drug-likeness (QED) is 0.876. The molecule has 1 heterocycles. The second-order valence-electron chi connectivity index (χ2n) is 2.61. The highest BCUT2D eigenvalue weighted by Gasteiger charge is 2.07. The topological polar surface area (TPSA) is 36.4 Å². The minimum Gasteiger partial charge on any atom is -0.395 e. The van der Waals surface area contributed by atoms with Gasteiger partial charge in [-0.25, -0.2) is 4.98 Å². The van der Waals surface area contributed by atoms with E-state index in [2.05, 4.69) is 20.9 Å². The first-order chi connectivity index (χ1) is 6.29. The first kappa shape index (κ1) is 10.5. The summed E-state index contributed by atoms with van der Waals surface area (Å²) in [6.07, 6.45) is 1.75. The van der Waals surface area contributed by atoms with Gasteiger partial charge in [0.2, 0.25) is 0 Å². The van der Waals surface area contributed by atoms with E-state index in [-0.39, 0.29) is 6.61 Å². The van der Waals surface area contributed by atoms with Gasteiger partial charge in [-0.05, 0) is 35.0 Å². The van der Waals surface area contributed by atoms with Crippen molar-refractivity contribution in [2.45, 2.75) is 6.92 Å². The van der Waals surface area contributed by atoms with Crippen LogP contribution in [0.4, 0.5) is 5.82 Å². The maximum atomic E-state index is 8.84. The lowest BCUT2D eigenvalue weighted by Gasteiger charge is -2.21. The van der Waals surface area contributed by atoms with Gasteiger partial charge in [0.1, 0.15) is 5.82 Å². The van der Waals surface area contributed by atoms with E-state index in [0.29, 0.717) is 6.54 Å². The van der Waals surface area contributed by atoms with E-state index in [4.69, 9.17) is 5.11 Å². The van der Waals surface area contributed by atoms with E-state index in [1.54, 1.807) is 6.20 Å². The Balaban J connectivity index is 2.84. The number of aliphatic hydroxyl groups excluding tert-OH is 1. The third kappa shape index (κ3) is 2.67. The summed E-state index contributed by atoms with van der Waals surface area (Å²) in [5.74, 6) is 0.888. The molecule has 13 heavy (non-hydrogen) atoms. The Morgan fingerprint density at radius 2 is 2.38 bits per heavy atom. The Hall–Kier alpha value is -0.610. The van der Waals surface area contributed by atoms with Gasteiger partial charge in [-0.1, -0.05) is 0 Å². The van der Waals surface area contributed by atoms with Crippen molar-refractivity contribution in [3.63, 3.8) is 0 Å². The summed E-state index contributed by atoms with van der Waals surface area (Å²) in [5, 5.41) is 8.84. The second kappa shape index (κ2) is 5.19. The highest BCUT2D eigenvalue weighted by atomic mass is 79.9. The number of aromatic nitrogens is 1. The molecule has 0 aliphatic heterocycles. The van der Waals surface area contributed by atoms with Gasteiger partial charge < -0.3 is 10.0 Å². The van der Waals surface area contributed by atoms with Crippen LogP contribution in [0.2, 0.25) is 0 Å². The molecule has 0 aliphatic carbocycles. The largest absolute Gasteiger partial charge is 0.395 e. The molecule has 0 fully saturated rings. The molecule has 0 unspecified atom stereocenters. The monoisotopic (exact) mass is 244 g/mol. The van der Waals surface area contributed by atoms with Crippen LogP contribution >= 0.6 is 15.9 Å². The van der Waals surface area contributed by atoms with Gasteiger partial charge in [0.25, 0.3) is 0 Å². The first-order valence-corrected chi connectivity index (χ1v) is 5.05. The number of rotatable bonds is 4. The van der Waals surface area contributed by atoms with Crippen molar-refractivity contribution in [2.75, 3.05) is 24.6 Å². The maximum Gasteiger partial charge on any atom is 0.142 e. The molecule has 0 saturated heterocycles. The van der Waals surface area contributed by atoms with Crippen LogP contribution in [0.25, 0.3) is 0 Å². The van der Waals surface area contributed by atoms with Crippen molar-refractivity contribution in [2.24, 2.45) is 0 Å². The summed E-state index contributed by atoms with van der Waals surface area (Å²) in [5.41, 5.74) is 0. The summed E-state index contributed by atoms with van der Waals surface area (Å²) in [4.78, 5) is 6.25. The van der Waals surface area contributed by atoms with Gasteiger partial charge in [-0.2, -0.15) is 0 Å². The van der Waals surface area contributed by atoms with Crippen LogP contribution in [0.15, 0.2) is 22.8 Å². The van der Waals surface area contributed by atoms with Gasteiger partial charge in [0.15, 0.2) is 0 Å². The summed E-state index contributed by atoms with van der Waals surface area (Å²) in [6.45, 7) is 3.65. The van der Waals surface area contributed by atoms with E-state index in [1.807, 2.05) is 24.0 Å². The summed E-state index contributed by atoms with van der Waals surface area (Å²) in [7, 11) is 0. The average Bonchev–Trinajstić information content (AvgIpc) is 2.16. The molecule has 0 atom stereocenters. The lowest BCUT2D eigenvalue weighted by atomic mass is 10.4. The fraction of sp³-hybridized carbons (Fsp3) is 0.444. The first-order valence-electron chi connectivity index (χ1n) is 4.26. The number of hydrogen-bond donors (Lipinski definition) is 1. The van der Waals surface area contributed by atoms with Crippen molar-refractivity contribution >= 4 is 21.7 Å². The Labute approximate surface area is 86.5 Å². The minimum absolute atomic E-state index is 0.150. The Morgan fingerprint density at radius 1 is 1.62 bits per heavy atom. The zero-order valence-corrected chi connectivity index (χ0v) is 9.16. The van der Waals surface area contributed by atoms with E-state index in [1.165, 1.54) is 0 Å². The predicted octanol–water partition coefficient (Wildman–Crippen LogP) is 1.66. The molecule has 1 aromatic rings. The summed E-state index contributed by atoms with van der Waals surface area (Å²) >= 11 is 3.42. The predicted molar refractivity (Wildman–Crippen MR) is 56.9 cm³/mol. The molecule has 0 amide bonds. The molecule has 0 aliphatic rings. The van der Waals surface area contributed by atoms with Crippen LogP contribution in [0.1, 0.15) is 6.92 Å². The van der Waals surface area contributed by atoms with E-state index < -0.39 is 0 Å². The van der Waals surface area contributed by atoms with Crippen LogP contribution in [-0.2, 0) is 0 Å². The molecule has 1 N–H and O–H groups in total. The fourth-order valence-electron chi connectivity index (χ4n) is 1.14. The van der Waals surface area contributed by atoms with Gasteiger partial charge in [0.05, 0.1) is 11.1 Å². The SMILES string of the molecule is CCN(CCO)c1ncccc1Br. The van der Waals surface area contributed by atoms with Crippen molar-refractivity contribution in [3.8, 4) is 0 Å². The minimum atomic E-state index is 0.150. The Bertz CT molecular complexity index is 268. The summed E-state index contributed by atoms with van der Waals surface area (Å²) in [6, 6.07) is 3.82. The molecule has 72 valence electrons. The third-order valence-electron chi connectivity index (χ3n) is 1.79. The second-order valence-corrected chi connectivity index (χ2v) is 3.47. The Kier molecular flexibility index (Phi) is 4.18. The Morgan fingerprint density at radius 3 is 2.92 bits per heavy atom. The number of hydrogen-bond acceptors (Lipinski definition) is 3. The van der Waals surface area contributed by atoms with Crippen LogP contribution in [0, 0.1) is 0 Å². The molecule has 3 nitrogen and oxygen atoms in total. The third-order valence-corrected chi connectivity index (χ3v) is 2.41. The zero-order chi connectivity index (χ0) is 9.68. The van der Waals surface area contributed by atoms with Crippen LogP contribution < -0.4 is 4.90 Å². The highest BCUT2D eigenvalue weighted by Crippen LogP contribution is 2.22. The number of halogens is 1. The fourth-order valence-corrected chi connectivity index (χ4v) is 1.65. The van der Waals surface area contributed by atoms with Crippen molar-refractivity contribution < 1.29 is 5.11 Å². The number of likely N-dealkylation sites (N-methyl/N-ethyl adjacent to an activating group) is 1.